The molecule has 1 rings (SSSR count). The molecule has 3 nitrogen and oxygen atoms in total. The molecule has 0 fully saturated rings. The molecule has 1 aliphatic rings. The Morgan fingerprint density at radius 1 is 0.619 bits per heavy atom. The van der Waals surface area contributed by atoms with E-state index in [0.29, 0.717) is 35.4 Å². The maximum Gasteiger partial charge on any atom is 0.334 e. The molecule has 0 aromatic carbocycles. The van der Waals surface area contributed by atoms with Crippen molar-refractivity contribution in [2.75, 3.05) is 13.2 Å². The Kier molecular flexibility index (Phi) is 6.87. The van der Waals surface area contributed by atoms with Gasteiger partial charge in [0.25, 0.3) is 0 Å². The summed E-state index contributed by atoms with van der Waals surface area (Å²) in [5.74, 6) is 0. The third-order valence-corrected chi connectivity index (χ3v) is 14.7. The van der Waals surface area contributed by atoms with Gasteiger partial charge in [-0.2, -0.15) is 0 Å². The molecular formula is C16H34O3Si2. The first-order valence-electron chi connectivity index (χ1n) is 8.32. The minimum atomic E-state index is -2.33. The maximum absolute atomic E-state index is 6.99. The predicted molar refractivity (Wildman–Crippen MR) is 94.0 cm³/mol. The molecule has 0 N–H and O–H groups in total. The van der Waals surface area contributed by atoms with Crippen molar-refractivity contribution in [2.24, 2.45) is 0 Å². The average Bonchev–Trinajstić information content (AvgIpc) is 2.47. The van der Waals surface area contributed by atoms with E-state index in [2.05, 4.69) is 67.5 Å². The highest BCUT2D eigenvalue weighted by atomic mass is 28.5. The van der Waals surface area contributed by atoms with Crippen LogP contribution < -0.4 is 0 Å². The summed E-state index contributed by atoms with van der Waals surface area (Å²) in [5, 5.41) is 0. The third-order valence-electron chi connectivity index (χ3n) is 4.51. The SMILES string of the molecule is CC(C)[Si]1(C(C)C)OC/C=C\CO[Si](C(C)C)(C(C)C)O1. The standard InChI is InChI=1S/C16H34O3Si2/c1-13(2)20(14(3)4)17-11-9-10-12-18-21(19-20,15(5)6)16(7)8/h9-10,13-16H,11-12H2,1-8H3/b10-9-. The van der Waals surface area contributed by atoms with E-state index in [1.807, 2.05) is 0 Å². The molecule has 0 aliphatic carbocycles. The van der Waals surface area contributed by atoms with Crippen LogP contribution in [0.5, 0.6) is 0 Å². The zero-order chi connectivity index (χ0) is 16.3. The van der Waals surface area contributed by atoms with Gasteiger partial charge in [0.15, 0.2) is 0 Å². The van der Waals surface area contributed by atoms with E-state index >= 15 is 0 Å². The highest BCUT2D eigenvalue weighted by molar-refractivity contribution is 6.83. The van der Waals surface area contributed by atoms with E-state index in [1.54, 1.807) is 0 Å². The van der Waals surface area contributed by atoms with Crippen LogP contribution in [0.25, 0.3) is 0 Å². The smallest absolute Gasteiger partial charge is 0.334 e. The molecular weight excluding hydrogens is 296 g/mol. The molecule has 1 heterocycles. The molecule has 0 radical (unpaired) electrons. The Balaban J connectivity index is 3.33. The second kappa shape index (κ2) is 7.55. The van der Waals surface area contributed by atoms with Crippen LogP contribution in [0.2, 0.25) is 22.2 Å². The molecule has 0 saturated heterocycles. The van der Waals surface area contributed by atoms with Gasteiger partial charge in [-0.1, -0.05) is 67.5 Å². The molecule has 21 heavy (non-hydrogen) atoms. The van der Waals surface area contributed by atoms with Crippen molar-refractivity contribution in [3.8, 4) is 0 Å². The normalized spacial score (nSPS) is 24.2. The first kappa shape index (κ1) is 19.1. The van der Waals surface area contributed by atoms with Crippen molar-refractivity contribution in [3.05, 3.63) is 12.2 Å². The number of rotatable bonds is 4. The van der Waals surface area contributed by atoms with Crippen LogP contribution in [0.3, 0.4) is 0 Å². The van der Waals surface area contributed by atoms with Gasteiger partial charge in [-0.3, -0.25) is 0 Å². The minimum Gasteiger partial charge on any atom is -0.414 e. The minimum absolute atomic E-state index is 0.414. The van der Waals surface area contributed by atoms with Crippen LogP contribution in [0, 0.1) is 0 Å². The molecule has 0 aromatic rings. The summed E-state index contributed by atoms with van der Waals surface area (Å²) in [4.78, 5) is 0. The molecule has 0 spiro atoms. The largest absolute Gasteiger partial charge is 0.414 e. The van der Waals surface area contributed by atoms with Gasteiger partial charge in [-0.25, -0.2) is 0 Å². The van der Waals surface area contributed by atoms with E-state index in [1.165, 1.54) is 0 Å². The van der Waals surface area contributed by atoms with E-state index < -0.39 is 17.1 Å². The van der Waals surface area contributed by atoms with E-state index in [9.17, 15) is 0 Å². The molecule has 0 aromatic heterocycles. The fourth-order valence-electron chi connectivity index (χ4n) is 3.27. The maximum atomic E-state index is 6.99. The van der Waals surface area contributed by atoms with Gasteiger partial charge in [-0.05, 0) is 22.2 Å². The lowest BCUT2D eigenvalue weighted by molar-refractivity contribution is 0.186. The van der Waals surface area contributed by atoms with Gasteiger partial charge in [0.05, 0.1) is 13.2 Å². The summed E-state index contributed by atoms with van der Waals surface area (Å²) >= 11 is 0. The average molecular weight is 331 g/mol. The Morgan fingerprint density at radius 2 is 0.905 bits per heavy atom. The summed E-state index contributed by atoms with van der Waals surface area (Å²) < 4.78 is 19.8. The van der Waals surface area contributed by atoms with Crippen molar-refractivity contribution < 1.29 is 13.0 Å². The summed E-state index contributed by atoms with van der Waals surface area (Å²) in [5.41, 5.74) is 1.66. The zero-order valence-electron chi connectivity index (χ0n) is 15.1. The van der Waals surface area contributed by atoms with Crippen LogP contribution in [0.4, 0.5) is 0 Å². The molecule has 0 amide bonds. The Hall–Kier alpha value is 0.0538. The zero-order valence-corrected chi connectivity index (χ0v) is 17.1. The first-order chi connectivity index (χ1) is 9.69. The van der Waals surface area contributed by atoms with Crippen molar-refractivity contribution in [1.29, 1.82) is 0 Å². The Bertz CT molecular complexity index is 303. The molecule has 124 valence electrons. The lowest BCUT2D eigenvalue weighted by Crippen LogP contribution is -2.61. The number of hydrogen-bond acceptors (Lipinski definition) is 3. The molecule has 0 saturated carbocycles. The van der Waals surface area contributed by atoms with Crippen LogP contribution in [-0.2, 0) is 13.0 Å². The second-order valence-electron chi connectivity index (χ2n) is 7.26. The molecule has 0 atom stereocenters. The van der Waals surface area contributed by atoms with Crippen LogP contribution in [0.15, 0.2) is 12.2 Å². The number of hydrogen-bond donors (Lipinski definition) is 0. The van der Waals surface area contributed by atoms with Crippen LogP contribution >= 0.6 is 0 Å². The summed E-state index contributed by atoms with van der Waals surface area (Å²) in [6.45, 7) is 19.2. The van der Waals surface area contributed by atoms with Crippen LogP contribution in [0.1, 0.15) is 55.4 Å². The third kappa shape index (κ3) is 3.88. The van der Waals surface area contributed by atoms with Gasteiger partial charge in [-0.15, -0.1) is 0 Å². The summed E-state index contributed by atoms with van der Waals surface area (Å²) in [7, 11) is -4.66. The van der Waals surface area contributed by atoms with E-state index in [4.69, 9.17) is 13.0 Å². The van der Waals surface area contributed by atoms with Crippen molar-refractivity contribution in [3.63, 3.8) is 0 Å². The van der Waals surface area contributed by atoms with E-state index in [0.717, 1.165) is 0 Å². The van der Waals surface area contributed by atoms with Crippen molar-refractivity contribution >= 4 is 17.1 Å². The molecule has 1 aliphatic heterocycles. The van der Waals surface area contributed by atoms with Gasteiger partial charge in [0.2, 0.25) is 0 Å². The lowest BCUT2D eigenvalue weighted by atomic mass is 10.5. The van der Waals surface area contributed by atoms with Crippen LogP contribution in [-0.4, -0.2) is 30.3 Å². The fraction of sp³-hybridized carbons (Fsp3) is 0.875. The van der Waals surface area contributed by atoms with Crippen molar-refractivity contribution in [2.45, 2.75) is 77.6 Å². The van der Waals surface area contributed by atoms with Gasteiger partial charge >= 0.3 is 17.1 Å². The van der Waals surface area contributed by atoms with Gasteiger partial charge < -0.3 is 13.0 Å². The predicted octanol–water partition coefficient (Wildman–Crippen LogP) is 5.13. The lowest BCUT2D eigenvalue weighted by Gasteiger charge is -2.47. The summed E-state index contributed by atoms with van der Waals surface area (Å²) in [6.07, 6.45) is 4.17. The van der Waals surface area contributed by atoms with E-state index in [-0.39, 0.29) is 0 Å². The van der Waals surface area contributed by atoms with Gasteiger partial charge in [0, 0.05) is 0 Å². The molecule has 5 heteroatoms. The molecule has 0 bridgehead atoms. The van der Waals surface area contributed by atoms with Crippen molar-refractivity contribution in [1.82, 2.24) is 0 Å². The highest BCUT2D eigenvalue weighted by Crippen LogP contribution is 2.44. The molecule has 0 unspecified atom stereocenters. The topological polar surface area (TPSA) is 27.7 Å². The monoisotopic (exact) mass is 330 g/mol. The quantitative estimate of drug-likeness (QED) is 0.528. The fourth-order valence-corrected chi connectivity index (χ4v) is 14.2. The Morgan fingerprint density at radius 3 is 1.14 bits per heavy atom. The van der Waals surface area contributed by atoms with Gasteiger partial charge in [0.1, 0.15) is 0 Å². The second-order valence-corrected chi connectivity index (χ2v) is 16.2. The Labute approximate surface area is 133 Å². The highest BCUT2D eigenvalue weighted by Gasteiger charge is 2.56. The first-order valence-corrected chi connectivity index (χ1v) is 12.3. The summed E-state index contributed by atoms with van der Waals surface area (Å²) in [6, 6.07) is 0.